The molecule has 0 aliphatic rings. The number of rotatable bonds is 3. The average Bonchev–Trinajstić information content (AvgIpc) is 2.55. The van der Waals surface area contributed by atoms with Gasteiger partial charge in [-0.3, -0.25) is 4.98 Å². The van der Waals surface area contributed by atoms with Crippen LogP contribution in [0.25, 0.3) is 0 Å². The highest BCUT2D eigenvalue weighted by molar-refractivity contribution is 6.13. The summed E-state index contributed by atoms with van der Waals surface area (Å²) in [4.78, 5) is 12.9. The minimum absolute atomic E-state index is 0.607. The highest BCUT2D eigenvalue weighted by Crippen LogP contribution is 2.15. The summed E-state index contributed by atoms with van der Waals surface area (Å²) in [5.41, 5.74) is 3.01. The van der Waals surface area contributed by atoms with E-state index in [1.165, 1.54) is 0 Å². The van der Waals surface area contributed by atoms with Gasteiger partial charge in [-0.05, 0) is 0 Å². The third kappa shape index (κ3) is 2.78. The van der Waals surface area contributed by atoms with E-state index < -0.39 is 0 Å². The Morgan fingerprint density at radius 1 is 0.750 bits per heavy atom. The SMILES string of the molecule is c1ccc(C(=Nc2cnccn2)c2ccccc2)cc1. The maximum Gasteiger partial charge on any atom is 0.171 e. The van der Waals surface area contributed by atoms with Crippen molar-refractivity contribution in [1.29, 1.82) is 0 Å². The van der Waals surface area contributed by atoms with Crippen LogP contribution in [0.5, 0.6) is 0 Å². The van der Waals surface area contributed by atoms with Crippen LogP contribution in [0.1, 0.15) is 11.1 Å². The molecule has 20 heavy (non-hydrogen) atoms. The molecule has 1 aromatic heterocycles. The molecule has 3 nitrogen and oxygen atoms in total. The second-order valence-corrected chi connectivity index (χ2v) is 4.26. The van der Waals surface area contributed by atoms with Crippen molar-refractivity contribution in [2.75, 3.05) is 0 Å². The molecule has 0 radical (unpaired) electrons. The molecule has 3 aromatic rings. The first-order valence-corrected chi connectivity index (χ1v) is 6.39. The lowest BCUT2D eigenvalue weighted by molar-refractivity contribution is 1.17. The van der Waals surface area contributed by atoms with Crippen LogP contribution >= 0.6 is 0 Å². The van der Waals surface area contributed by atoms with Gasteiger partial charge in [0.15, 0.2) is 5.82 Å². The zero-order valence-electron chi connectivity index (χ0n) is 10.8. The van der Waals surface area contributed by atoms with Gasteiger partial charge in [-0.1, -0.05) is 60.7 Å². The Balaban J connectivity index is 2.12. The van der Waals surface area contributed by atoms with Crippen LogP contribution in [0.4, 0.5) is 5.82 Å². The van der Waals surface area contributed by atoms with Gasteiger partial charge in [0, 0.05) is 23.5 Å². The molecule has 0 bridgehead atoms. The fourth-order valence-corrected chi connectivity index (χ4v) is 1.95. The van der Waals surface area contributed by atoms with Gasteiger partial charge >= 0.3 is 0 Å². The standard InChI is InChI=1S/C17H13N3/c1-3-7-14(8-4-1)17(15-9-5-2-6-10-15)20-16-13-18-11-12-19-16/h1-13H. The Labute approximate surface area is 117 Å². The number of hydrogen-bond acceptors (Lipinski definition) is 3. The van der Waals surface area contributed by atoms with Gasteiger partial charge in [0.25, 0.3) is 0 Å². The highest BCUT2D eigenvalue weighted by atomic mass is 14.9. The van der Waals surface area contributed by atoms with Gasteiger partial charge in [0.2, 0.25) is 0 Å². The van der Waals surface area contributed by atoms with E-state index in [2.05, 4.69) is 15.0 Å². The third-order valence-electron chi connectivity index (χ3n) is 2.87. The number of benzene rings is 2. The highest BCUT2D eigenvalue weighted by Gasteiger charge is 2.06. The number of hydrogen-bond donors (Lipinski definition) is 0. The van der Waals surface area contributed by atoms with Crippen LogP contribution in [0.2, 0.25) is 0 Å². The molecule has 0 amide bonds. The fraction of sp³-hybridized carbons (Fsp3) is 0. The second kappa shape index (κ2) is 5.89. The summed E-state index contributed by atoms with van der Waals surface area (Å²) in [6.07, 6.45) is 4.95. The molecule has 0 aliphatic heterocycles. The van der Waals surface area contributed by atoms with Crippen molar-refractivity contribution in [2.45, 2.75) is 0 Å². The van der Waals surface area contributed by atoms with Crippen LogP contribution in [0, 0.1) is 0 Å². The van der Waals surface area contributed by atoms with E-state index in [9.17, 15) is 0 Å². The number of nitrogens with zero attached hydrogens (tertiary/aromatic N) is 3. The summed E-state index contributed by atoms with van der Waals surface area (Å²) in [6.45, 7) is 0. The van der Waals surface area contributed by atoms with E-state index in [0.717, 1.165) is 16.8 Å². The maximum atomic E-state index is 4.64. The Hall–Kier alpha value is -2.81. The molecule has 0 unspecified atom stereocenters. The summed E-state index contributed by atoms with van der Waals surface area (Å²) in [6, 6.07) is 20.2. The van der Waals surface area contributed by atoms with E-state index >= 15 is 0 Å². The van der Waals surface area contributed by atoms with Crippen LogP contribution in [-0.2, 0) is 0 Å². The van der Waals surface area contributed by atoms with Gasteiger partial charge in [-0.2, -0.15) is 0 Å². The molecule has 0 saturated heterocycles. The van der Waals surface area contributed by atoms with E-state index in [0.29, 0.717) is 5.82 Å². The minimum atomic E-state index is 0.607. The molecule has 0 aliphatic carbocycles. The third-order valence-corrected chi connectivity index (χ3v) is 2.87. The first-order chi connectivity index (χ1) is 9.93. The molecular formula is C17H13N3. The Kier molecular flexibility index (Phi) is 3.60. The zero-order chi connectivity index (χ0) is 13.6. The molecule has 0 N–H and O–H groups in total. The number of aliphatic imine (C=N–C) groups is 1. The molecular weight excluding hydrogens is 246 g/mol. The monoisotopic (exact) mass is 259 g/mol. The molecule has 3 heteroatoms. The van der Waals surface area contributed by atoms with Crippen molar-refractivity contribution in [1.82, 2.24) is 9.97 Å². The molecule has 0 spiro atoms. The van der Waals surface area contributed by atoms with Gasteiger partial charge in [-0.25, -0.2) is 9.98 Å². The van der Waals surface area contributed by atoms with Crippen molar-refractivity contribution < 1.29 is 0 Å². The minimum Gasteiger partial charge on any atom is -0.259 e. The Bertz CT molecular complexity index is 651. The lowest BCUT2D eigenvalue weighted by Gasteiger charge is -2.06. The molecule has 96 valence electrons. The van der Waals surface area contributed by atoms with E-state index in [1.807, 2.05) is 60.7 Å². The van der Waals surface area contributed by atoms with Crippen molar-refractivity contribution in [2.24, 2.45) is 4.99 Å². The second-order valence-electron chi connectivity index (χ2n) is 4.26. The molecule has 0 saturated carbocycles. The predicted octanol–water partition coefficient (Wildman–Crippen LogP) is 3.65. The van der Waals surface area contributed by atoms with Crippen LogP contribution in [0.15, 0.2) is 84.2 Å². The Morgan fingerprint density at radius 2 is 1.35 bits per heavy atom. The molecule has 0 atom stereocenters. The topological polar surface area (TPSA) is 38.1 Å². The van der Waals surface area contributed by atoms with Crippen molar-refractivity contribution >= 4 is 11.5 Å². The van der Waals surface area contributed by atoms with Gasteiger partial charge in [0.05, 0.1) is 11.9 Å². The van der Waals surface area contributed by atoms with E-state index in [1.54, 1.807) is 18.6 Å². The molecule has 0 fully saturated rings. The molecule has 1 heterocycles. The summed E-state index contributed by atoms with van der Waals surface area (Å²) in [5, 5.41) is 0. The van der Waals surface area contributed by atoms with Crippen LogP contribution < -0.4 is 0 Å². The Morgan fingerprint density at radius 3 is 1.85 bits per heavy atom. The lowest BCUT2D eigenvalue weighted by atomic mass is 10.0. The van der Waals surface area contributed by atoms with Gasteiger partial charge < -0.3 is 0 Å². The van der Waals surface area contributed by atoms with E-state index in [-0.39, 0.29) is 0 Å². The summed E-state index contributed by atoms with van der Waals surface area (Å²) in [5.74, 6) is 0.607. The quantitative estimate of drug-likeness (QED) is 0.673. The van der Waals surface area contributed by atoms with Gasteiger partial charge in [0.1, 0.15) is 0 Å². The lowest BCUT2D eigenvalue weighted by Crippen LogP contribution is -2.02. The molecule has 3 rings (SSSR count). The zero-order valence-corrected chi connectivity index (χ0v) is 10.8. The smallest absolute Gasteiger partial charge is 0.171 e. The van der Waals surface area contributed by atoms with Crippen molar-refractivity contribution in [3.8, 4) is 0 Å². The van der Waals surface area contributed by atoms with E-state index in [4.69, 9.17) is 0 Å². The first kappa shape index (κ1) is 12.2. The first-order valence-electron chi connectivity index (χ1n) is 6.39. The van der Waals surface area contributed by atoms with Crippen LogP contribution in [-0.4, -0.2) is 15.7 Å². The van der Waals surface area contributed by atoms with Gasteiger partial charge in [-0.15, -0.1) is 0 Å². The summed E-state index contributed by atoms with van der Waals surface area (Å²) in [7, 11) is 0. The summed E-state index contributed by atoms with van der Waals surface area (Å²) < 4.78 is 0. The summed E-state index contributed by atoms with van der Waals surface area (Å²) >= 11 is 0. The van der Waals surface area contributed by atoms with Crippen molar-refractivity contribution in [3.05, 3.63) is 90.4 Å². The van der Waals surface area contributed by atoms with Crippen LogP contribution in [0.3, 0.4) is 0 Å². The maximum absolute atomic E-state index is 4.64. The fourth-order valence-electron chi connectivity index (χ4n) is 1.95. The average molecular weight is 259 g/mol. The largest absolute Gasteiger partial charge is 0.259 e. The number of aromatic nitrogens is 2. The molecule has 2 aromatic carbocycles. The normalized spacial score (nSPS) is 10.0. The van der Waals surface area contributed by atoms with Crippen molar-refractivity contribution in [3.63, 3.8) is 0 Å². The predicted molar refractivity (Wildman–Crippen MR) is 80.2 cm³/mol.